The highest BCUT2D eigenvalue weighted by atomic mass is 32.2. The third-order valence-corrected chi connectivity index (χ3v) is 3.29. The minimum absolute atomic E-state index is 0.165. The molecule has 0 bridgehead atoms. The minimum Gasteiger partial charge on any atom is -0.476 e. The molecule has 1 heterocycles. The summed E-state index contributed by atoms with van der Waals surface area (Å²) in [6.45, 7) is 4.81. The molecule has 0 saturated heterocycles. The van der Waals surface area contributed by atoms with Gasteiger partial charge < -0.3 is 15.6 Å². The number of nitrogens with zero attached hydrogens (tertiary/aromatic N) is 2. The lowest BCUT2D eigenvalue weighted by Crippen LogP contribution is -2.06. The van der Waals surface area contributed by atoms with E-state index in [1.165, 1.54) is 18.1 Å². The smallest absolute Gasteiger partial charge is 0.241 e. The maximum Gasteiger partial charge on any atom is 0.241 e. The molecule has 0 amide bonds. The van der Waals surface area contributed by atoms with Crippen LogP contribution in [0.4, 0.5) is 5.69 Å². The Labute approximate surface area is 106 Å². The van der Waals surface area contributed by atoms with Gasteiger partial charge >= 0.3 is 0 Å². The molecule has 0 aliphatic heterocycles. The summed E-state index contributed by atoms with van der Waals surface area (Å²) in [7, 11) is 0. The van der Waals surface area contributed by atoms with Crippen molar-refractivity contribution >= 4 is 17.4 Å². The predicted octanol–water partition coefficient (Wildman–Crippen LogP) is 1.71. The lowest BCUT2D eigenvalue weighted by atomic mass is 10.3. The first-order valence-electron chi connectivity index (χ1n) is 5.69. The Morgan fingerprint density at radius 1 is 1.53 bits per heavy atom. The molecule has 5 nitrogen and oxygen atoms in total. The van der Waals surface area contributed by atoms with E-state index in [9.17, 15) is 0 Å². The molecular formula is C11H19N3O2S. The standard InChI is InChI=1S/C11H19N3O2S/c1-3-6-16-10-9(12)11(14-7-13-10)17-8(2)4-5-15/h7-8,15H,3-6,12H2,1-2H3. The monoisotopic (exact) mass is 257 g/mol. The topological polar surface area (TPSA) is 81.3 Å². The summed E-state index contributed by atoms with van der Waals surface area (Å²) in [5, 5.41) is 9.83. The van der Waals surface area contributed by atoms with E-state index in [2.05, 4.69) is 9.97 Å². The van der Waals surface area contributed by atoms with Gasteiger partial charge in [-0.2, -0.15) is 4.98 Å². The summed E-state index contributed by atoms with van der Waals surface area (Å²) in [4.78, 5) is 8.14. The Kier molecular flexibility index (Phi) is 6.07. The Morgan fingerprint density at radius 3 is 2.94 bits per heavy atom. The Balaban J connectivity index is 2.72. The van der Waals surface area contributed by atoms with E-state index in [0.29, 0.717) is 29.6 Å². The van der Waals surface area contributed by atoms with Crippen LogP contribution in [0, 0.1) is 0 Å². The molecule has 3 N–H and O–H groups in total. The van der Waals surface area contributed by atoms with Crippen LogP contribution in [0.1, 0.15) is 26.7 Å². The summed E-state index contributed by atoms with van der Waals surface area (Å²) in [6.07, 6.45) is 3.07. The van der Waals surface area contributed by atoms with E-state index < -0.39 is 0 Å². The van der Waals surface area contributed by atoms with E-state index in [-0.39, 0.29) is 11.9 Å². The van der Waals surface area contributed by atoms with Crippen LogP contribution in [0.25, 0.3) is 0 Å². The van der Waals surface area contributed by atoms with Gasteiger partial charge in [-0.1, -0.05) is 13.8 Å². The van der Waals surface area contributed by atoms with Gasteiger partial charge in [0.25, 0.3) is 0 Å². The van der Waals surface area contributed by atoms with Crippen LogP contribution in [0.5, 0.6) is 5.88 Å². The highest BCUT2D eigenvalue weighted by Crippen LogP contribution is 2.32. The van der Waals surface area contributed by atoms with E-state index in [1.807, 2.05) is 13.8 Å². The first-order chi connectivity index (χ1) is 8.19. The summed E-state index contributed by atoms with van der Waals surface area (Å²) >= 11 is 1.53. The maximum absolute atomic E-state index is 8.85. The number of aliphatic hydroxyl groups excluding tert-OH is 1. The number of thioether (sulfide) groups is 1. The zero-order valence-electron chi connectivity index (χ0n) is 10.2. The molecule has 1 atom stereocenters. The normalized spacial score (nSPS) is 12.4. The number of hydrogen-bond donors (Lipinski definition) is 2. The van der Waals surface area contributed by atoms with E-state index >= 15 is 0 Å². The van der Waals surface area contributed by atoms with Crippen molar-refractivity contribution in [1.29, 1.82) is 0 Å². The number of nitrogens with two attached hydrogens (primary N) is 1. The van der Waals surface area contributed by atoms with Crippen molar-refractivity contribution in [1.82, 2.24) is 9.97 Å². The van der Waals surface area contributed by atoms with Crippen molar-refractivity contribution in [3.05, 3.63) is 6.33 Å². The molecule has 1 aromatic rings. The van der Waals surface area contributed by atoms with Gasteiger partial charge in [-0.25, -0.2) is 4.98 Å². The maximum atomic E-state index is 8.85. The Bertz CT molecular complexity index is 349. The van der Waals surface area contributed by atoms with Crippen molar-refractivity contribution in [3.63, 3.8) is 0 Å². The molecule has 0 radical (unpaired) electrons. The number of hydrogen-bond acceptors (Lipinski definition) is 6. The highest BCUT2D eigenvalue weighted by Gasteiger charge is 2.12. The largest absolute Gasteiger partial charge is 0.476 e. The molecule has 0 saturated carbocycles. The fraction of sp³-hybridized carbons (Fsp3) is 0.636. The molecule has 0 fully saturated rings. The molecule has 17 heavy (non-hydrogen) atoms. The molecule has 0 spiro atoms. The van der Waals surface area contributed by atoms with Crippen molar-refractivity contribution < 1.29 is 9.84 Å². The number of aliphatic hydroxyl groups is 1. The molecule has 0 aliphatic rings. The highest BCUT2D eigenvalue weighted by molar-refractivity contribution is 8.00. The lowest BCUT2D eigenvalue weighted by Gasteiger charge is -2.12. The SMILES string of the molecule is CCCOc1ncnc(SC(C)CCO)c1N. The van der Waals surface area contributed by atoms with Crippen molar-refractivity contribution in [2.45, 2.75) is 37.0 Å². The van der Waals surface area contributed by atoms with Crippen LogP contribution < -0.4 is 10.5 Å². The average Bonchev–Trinajstić information content (AvgIpc) is 2.30. The van der Waals surface area contributed by atoms with E-state index in [4.69, 9.17) is 15.6 Å². The molecule has 6 heteroatoms. The molecule has 0 aromatic carbocycles. The van der Waals surface area contributed by atoms with Gasteiger partial charge in [0.2, 0.25) is 5.88 Å². The van der Waals surface area contributed by atoms with Gasteiger partial charge in [-0.15, -0.1) is 11.8 Å². The number of anilines is 1. The minimum atomic E-state index is 0.165. The van der Waals surface area contributed by atoms with Crippen LogP contribution in [-0.4, -0.2) is 33.5 Å². The first-order valence-corrected chi connectivity index (χ1v) is 6.57. The molecule has 1 aromatic heterocycles. The summed E-state index contributed by atoms with van der Waals surface area (Å²) in [6, 6.07) is 0. The molecular weight excluding hydrogens is 238 g/mol. The van der Waals surface area contributed by atoms with Gasteiger partial charge in [-0.05, 0) is 12.8 Å². The fourth-order valence-electron chi connectivity index (χ4n) is 1.20. The number of nitrogen functional groups attached to an aromatic ring is 1. The molecule has 1 unspecified atom stereocenters. The summed E-state index contributed by atoms with van der Waals surface area (Å²) in [5.74, 6) is 0.445. The number of rotatable bonds is 7. The van der Waals surface area contributed by atoms with Crippen molar-refractivity contribution in [2.75, 3.05) is 18.9 Å². The fourth-order valence-corrected chi connectivity index (χ4v) is 2.13. The average molecular weight is 257 g/mol. The third-order valence-electron chi connectivity index (χ3n) is 2.10. The predicted molar refractivity (Wildman–Crippen MR) is 69.3 cm³/mol. The second-order valence-electron chi connectivity index (χ2n) is 3.69. The molecule has 1 rings (SSSR count). The summed E-state index contributed by atoms with van der Waals surface area (Å²) in [5.41, 5.74) is 6.42. The number of aromatic nitrogens is 2. The van der Waals surface area contributed by atoms with Crippen LogP contribution in [0.3, 0.4) is 0 Å². The van der Waals surface area contributed by atoms with Gasteiger partial charge in [0.1, 0.15) is 17.0 Å². The molecule has 96 valence electrons. The first kappa shape index (κ1) is 14.1. The third kappa shape index (κ3) is 4.40. The van der Waals surface area contributed by atoms with Crippen LogP contribution in [0.15, 0.2) is 11.4 Å². The van der Waals surface area contributed by atoms with Gasteiger partial charge in [-0.3, -0.25) is 0 Å². The van der Waals surface area contributed by atoms with E-state index in [0.717, 1.165) is 6.42 Å². The van der Waals surface area contributed by atoms with Crippen LogP contribution in [-0.2, 0) is 0 Å². The number of ether oxygens (including phenoxy) is 1. The van der Waals surface area contributed by atoms with Gasteiger partial charge in [0, 0.05) is 11.9 Å². The second-order valence-corrected chi connectivity index (χ2v) is 5.11. The zero-order chi connectivity index (χ0) is 12.7. The second kappa shape index (κ2) is 7.34. The zero-order valence-corrected chi connectivity index (χ0v) is 11.0. The van der Waals surface area contributed by atoms with Gasteiger partial charge in [0.15, 0.2) is 0 Å². The van der Waals surface area contributed by atoms with Gasteiger partial charge in [0.05, 0.1) is 6.61 Å². The molecule has 0 aliphatic carbocycles. The van der Waals surface area contributed by atoms with Crippen LogP contribution in [0.2, 0.25) is 0 Å². The quantitative estimate of drug-likeness (QED) is 0.571. The van der Waals surface area contributed by atoms with Crippen molar-refractivity contribution in [3.8, 4) is 5.88 Å². The van der Waals surface area contributed by atoms with E-state index in [1.54, 1.807) is 0 Å². The Hall–Kier alpha value is -1.01. The van der Waals surface area contributed by atoms with Crippen LogP contribution >= 0.6 is 11.8 Å². The van der Waals surface area contributed by atoms with Crippen molar-refractivity contribution in [2.24, 2.45) is 0 Å². The Morgan fingerprint density at radius 2 is 2.29 bits per heavy atom. The lowest BCUT2D eigenvalue weighted by molar-refractivity contribution is 0.289. The summed E-state index contributed by atoms with van der Waals surface area (Å²) < 4.78 is 5.43.